The van der Waals surface area contributed by atoms with Crippen LogP contribution >= 0.6 is 0 Å². The lowest BCUT2D eigenvalue weighted by molar-refractivity contribution is -0.118. The lowest BCUT2D eigenvalue weighted by Gasteiger charge is -2.26. The molecule has 0 heterocycles. The van der Waals surface area contributed by atoms with Gasteiger partial charge in [-0.05, 0) is 12.1 Å². The number of carbonyl (C=O) groups is 1. The van der Waals surface area contributed by atoms with Crippen LogP contribution in [0.5, 0.6) is 0 Å². The van der Waals surface area contributed by atoms with Crippen molar-refractivity contribution >= 4 is 11.6 Å². The molecular formula is C17H24N2O. The lowest BCUT2D eigenvalue weighted by Crippen LogP contribution is -2.38. The summed E-state index contributed by atoms with van der Waals surface area (Å²) in [5.41, 5.74) is 0.955. The predicted octanol–water partition coefficient (Wildman–Crippen LogP) is 3.10. The van der Waals surface area contributed by atoms with Gasteiger partial charge in [0.15, 0.2) is 0 Å². The van der Waals surface area contributed by atoms with Gasteiger partial charge in [0.1, 0.15) is 0 Å². The Balaban J connectivity index is 2.72. The molecule has 0 radical (unpaired) electrons. The maximum atomic E-state index is 12.1. The van der Waals surface area contributed by atoms with Crippen molar-refractivity contribution in [3.8, 4) is 0 Å². The van der Waals surface area contributed by atoms with E-state index in [2.05, 4.69) is 18.1 Å². The third-order valence-electron chi connectivity index (χ3n) is 3.09. The summed E-state index contributed by atoms with van der Waals surface area (Å²) in [5, 5.41) is 0. The molecule has 0 spiro atoms. The van der Waals surface area contributed by atoms with E-state index >= 15 is 0 Å². The largest absolute Gasteiger partial charge is 0.311 e. The molecule has 0 bridgehead atoms. The van der Waals surface area contributed by atoms with Crippen molar-refractivity contribution in [3.05, 3.63) is 55.6 Å². The smallest absolute Gasteiger partial charge is 0.226 e. The van der Waals surface area contributed by atoms with Crippen molar-refractivity contribution in [2.24, 2.45) is 0 Å². The summed E-state index contributed by atoms with van der Waals surface area (Å²) in [5.74, 6) is 0.147. The maximum absolute atomic E-state index is 12.1. The van der Waals surface area contributed by atoms with Crippen molar-refractivity contribution in [1.82, 2.24) is 4.90 Å². The highest BCUT2D eigenvalue weighted by atomic mass is 16.2. The maximum Gasteiger partial charge on any atom is 0.226 e. The molecule has 0 aromatic heterocycles. The van der Waals surface area contributed by atoms with E-state index in [1.165, 1.54) is 0 Å². The topological polar surface area (TPSA) is 23.6 Å². The van der Waals surface area contributed by atoms with Gasteiger partial charge < -0.3 is 4.90 Å². The molecule has 0 N–H and O–H groups in total. The molecule has 0 aliphatic rings. The molecule has 20 heavy (non-hydrogen) atoms. The number of rotatable bonds is 9. The van der Waals surface area contributed by atoms with Gasteiger partial charge >= 0.3 is 0 Å². The zero-order chi connectivity index (χ0) is 14.8. The first-order valence-electron chi connectivity index (χ1n) is 7.02. The van der Waals surface area contributed by atoms with E-state index < -0.39 is 0 Å². The van der Waals surface area contributed by atoms with Crippen molar-refractivity contribution < 1.29 is 4.79 Å². The van der Waals surface area contributed by atoms with E-state index in [0.29, 0.717) is 13.0 Å². The molecule has 3 heteroatoms. The summed E-state index contributed by atoms with van der Waals surface area (Å²) in [6.07, 6.45) is 4.26. The first-order chi connectivity index (χ1) is 9.72. The average Bonchev–Trinajstić information content (AvgIpc) is 2.48. The van der Waals surface area contributed by atoms with Gasteiger partial charge in [0.05, 0.1) is 0 Å². The molecule has 0 saturated heterocycles. The third-order valence-corrected chi connectivity index (χ3v) is 3.09. The van der Waals surface area contributed by atoms with E-state index in [0.717, 1.165) is 25.3 Å². The van der Waals surface area contributed by atoms with Crippen LogP contribution in [0.15, 0.2) is 55.6 Å². The molecule has 0 unspecified atom stereocenters. The summed E-state index contributed by atoms with van der Waals surface area (Å²) in [7, 11) is 0. The highest BCUT2D eigenvalue weighted by Crippen LogP contribution is 2.14. The second-order valence-corrected chi connectivity index (χ2v) is 4.57. The first-order valence-corrected chi connectivity index (χ1v) is 7.02. The zero-order valence-corrected chi connectivity index (χ0v) is 12.3. The summed E-state index contributed by atoms with van der Waals surface area (Å²) >= 11 is 0. The SMILES string of the molecule is C=CCN(CC=C)CCN(C(=O)CC)c1ccccc1. The van der Waals surface area contributed by atoms with E-state index in [-0.39, 0.29) is 5.91 Å². The van der Waals surface area contributed by atoms with Crippen molar-refractivity contribution in [2.45, 2.75) is 13.3 Å². The Kier molecular flexibility index (Phi) is 7.36. The fourth-order valence-electron chi connectivity index (χ4n) is 2.06. The molecule has 3 nitrogen and oxygen atoms in total. The molecule has 0 aliphatic heterocycles. The Labute approximate surface area is 122 Å². The van der Waals surface area contributed by atoms with Crippen molar-refractivity contribution in [1.29, 1.82) is 0 Å². The number of para-hydroxylation sites is 1. The van der Waals surface area contributed by atoms with Crippen molar-refractivity contribution in [3.63, 3.8) is 0 Å². The van der Waals surface area contributed by atoms with Crippen molar-refractivity contribution in [2.75, 3.05) is 31.1 Å². The average molecular weight is 272 g/mol. The number of benzene rings is 1. The van der Waals surface area contributed by atoms with E-state index in [1.54, 1.807) is 0 Å². The van der Waals surface area contributed by atoms with Gasteiger partial charge in [-0.2, -0.15) is 0 Å². The minimum absolute atomic E-state index is 0.147. The van der Waals surface area contributed by atoms with E-state index in [4.69, 9.17) is 0 Å². The number of amides is 1. The van der Waals surface area contributed by atoms with Gasteiger partial charge in [0, 0.05) is 38.3 Å². The van der Waals surface area contributed by atoms with Gasteiger partial charge in [-0.25, -0.2) is 0 Å². The predicted molar refractivity (Wildman–Crippen MR) is 85.9 cm³/mol. The number of nitrogens with zero attached hydrogens (tertiary/aromatic N) is 2. The van der Waals surface area contributed by atoms with E-state index in [1.807, 2.05) is 54.3 Å². The number of hydrogen-bond acceptors (Lipinski definition) is 2. The van der Waals surface area contributed by atoms with Gasteiger partial charge in [-0.1, -0.05) is 37.3 Å². The zero-order valence-electron chi connectivity index (χ0n) is 12.3. The second kappa shape index (κ2) is 9.10. The molecule has 1 rings (SSSR count). The Hall–Kier alpha value is -1.87. The Bertz CT molecular complexity index is 418. The molecule has 1 aromatic carbocycles. The van der Waals surface area contributed by atoms with Crippen LogP contribution in [0.4, 0.5) is 5.69 Å². The lowest BCUT2D eigenvalue weighted by atomic mass is 10.2. The minimum Gasteiger partial charge on any atom is -0.311 e. The Morgan fingerprint density at radius 3 is 2.20 bits per heavy atom. The Morgan fingerprint density at radius 2 is 1.70 bits per heavy atom. The summed E-state index contributed by atoms with van der Waals surface area (Å²) in [6.45, 7) is 12.5. The first kappa shape index (κ1) is 16.2. The van der Waals surface area contributed by atoms with Crippen LogP contribution in [0.1, 0.15) is 13.3 Å². The van der Waals surface area contributed by atoms with Gasteiger partial charge in [-0.3, -0.25) is 9.69 Å². The van der Waals surface area contributed by atoms with Crippen LogP contribution in [0.3, 0.4) is 0 Å². The quantitative estimate of drug-likeness (QED) is 0.645. The van der Waals surface area contributed by atoms with Gasteiger partial charge in [0.25, 0.3) is 0 Å². The van der Waals surface area contributed by atoms with Gasteiger partial charge in [-0.15, -0.1) is 13.2 Å². The normalized spacial score (nSPS) is 10.3. The minimum atomic E-state index is 0.147. The molecule has 0 aliphatic carbocycles. The molecular weight excluding hydrogens is 248 g/mol. The van der Waals surface area contributed by atoms with Gasteiger partial charge in [0.2, 0.25) is 5.91 Å². The monoisotopic (exact) mass is 272 g/mol. The fourth-order valence-corrected chi connectivity index (χ4v) is 2.06. The molecule has 0 saturated carbocycles. The summed E-state index contributed by atoms with van der Waals surface area (Å²) in [4.78, 5) is 16.2. The molecule has 1 aromatic rings. The van der Waals surface area contributed by atoms with Crippen LogP contribution < -0.4 is 4.90 Å². The van der Waals surface area contributed by atoms with Crippen LogP contribution in [0, 0.1) is 0 Å². The van der Waals surface area contributed by atoms with Crippen LogP contribution in [-0.4, -0.2) is 37.0 Å². The highest BCUT2D eigenvalue weighted by Gasteiger charge is 2.14. The fraction of sp³-hybridized carbons (Fsp3) is 0.353. The second-order valence-electron chi connectivity index (χ2n) is 4.57. The van der Waals surface area contributed by atoms with Crippen LogP contribution in [0.25, 0.3) is 0 Å². The summed E-state index contributed by atoms with van der Waals surface area (Å²) in [6, 6.07) is 9.81. The molecule has 1 amide bonds. The Morgan fingerprint density at radius 1 is 1.10 bits per heavy atom. The molecule has 0 fully saturated rings. The summed E-state index contributed by atoms with van der Waals surface area (Å²) < 4.78 is 0. The van der Waals surface area contributed by atoms with Crippen LogP contribution in [0.2, 0.25) is 0 Å². The van der Waals surface area contributed by atoms with Crippen LogP contribution in [-0.2, 0) is 4.79 Å². The molecule has 108 valence electrons. The third kappa shape index (κ3) is 5.02. The molecule has 0 atom stereocenters. The highest BCUT2D eigenvalue weighted by molar-refractivity contribution is 5.93. The number of anilines is 1. The standard InChI is InChI=1S/C17H24N2O/c1-4-12-18(13-5-2)14-15-19(17(20)6-3)16-10-8-7-9-11-16/h4-5,7-11H,1-2,6,12-15H2,3H3. The number of hydrogen-bond donors (Lipinski definition) is 0. The number of carbonyl (C=O) groups excluding carboxylic acids is 1. The van der Waals surface area contributed by atoms with E-state index in [9.17, 15) is 4.79 Å².